The average Bonchev–Trinajstić information content (AvgIpc) is 2.59. The van der Waals surface area contributed by atoms with E-state index in [4.69, 9.17) is 0 Å². The fourth-order valence-corrected chi connectivity index (χ4v) is 2.48. The molecule has 1 aliphatic rings. The van der Waals surface area contributed by atoms with Crippen LogP contribution in [0, 0.1) is 0 Å². The summed E-state index contributed by atoms with van der Waals surface area (Å²) in [7, 11) is 1.81. The van der Waals surface area contributed by atoms with Gasteiger partial charge in [-0.2, -0.15) is 0 Å². The van der Waals surface area contributed by atoms with Gasteiger partial charge in [0.15, 0.2) is 0 Å². The van der Waals surface area contributed by atoms with Crippen LogP contribution in [-0.2, 0) is 4.79 Å². The Labute approximate surface area is 131 Å². The number of piperazine rings is 1. The van der Waals surface area contributed by atoms with E-state index in [1.54, 1.807) is 22.1 Å². The molecule has 1 fully saturated rings. The number of amides is 2. The van der Waals surface area contributed by atoms with Gasteiger partial charge in [-0.1, -0.05) is 13.3 Å². The summed E-state index contributed by atoms with van der Waals surface area (Å²) >= 11 is 0. The van der Waals surface area contributed by atoms with E-state index < -0.39 is 0 Å². The van der Waals surface area contributed by atoms with E-state index in [9.17, 15) is 9.59 Å². The standard InChI is InChI=1S/C16H24N4O2/c1-3-4-7-18(2)16(22)15-6-5-14(12-17-15)20-10-8-19(13-21)9-11-20/h5-6,12-13H,3-4,7-11H2,1-2H3. The maximum atomic E-state index is 12.2. The summed E-state index contributed by atoms with van der Waals surface area (Å²) in [4.78, 5) is 32.9. The van der Waals surface area contributed by atoms with Crippen molar-refractivity contribution >= 4 is 18.0 Å². The molecule has 0 radical (unpaired) electrons. The van der Waals surface area contributed by atoms with Gasteiger partial charge in [-0.05, 0) is 18.6 Å². The summed E-state index contributed by atoms with van der Waals surface area (Å²) in [6, 6.07) is 3.72. The molecule has 0 N–H and O–H groups in total. The predicted molar refractivity (Wildman–Crippen MR) is 86.0 cm³/mol. The minimum atomic E-state index is -0.0363. The maximum Gasteiger partial charge on any atom is 0.272 e. The van der Waals surface area contributed by atoms with E-state index in [1.165, 1.54) is 0 Å². The summed E-state index contributed by atoms with van der Waals surface area (Å²) in [5.41, 5.74) is 1.48. The normalized spacial score (nSPS) is 14.8. The van der Waals surface area contributed by atoms with Crippen molar-refractivity contribution in [2.75, 3.05) is 44.7 Å². The molecule has 0 unspecified atom stereocenters. The molecule has 1 aromatic rings. The largest absolute Gasteiger partial charge is 0.367 e. The third-order valence-corrected chi connectivity index (χ3v) is 3.99. The van der Waals surface area contributed by atoms with Crippen molar-refractivity contribution in [1.29, 1.82) is 0 Å². The highest BCUT2D eigenvalue weighted by Crippen LogP contribution is 2.15. The fourth-order valence-electron chi connectivity index (χ4n) is 2.48. The predicted octanol–water partition coefficient (Wildman–Crippen LogP) is 1.23. The van der Waals surface area contributed by atoms with Gasteiger partial charge in [-0.25, -0.2) is 4.98 Å². The van der Waals surface area contributed by atoms with Gasteiger partial charge in [0.2, 0.25) is 6.41 Å². The molecule has 22 heavy (non-hydrogen) atoms. The molecule has 1 aliphatic heterocycles. The molecule has 0 spiro atoms. The quantitative estimate of drug-likeness (QED) is 0.742. The second kappa shape index (κ2) is 7.77. The minimum Gasteiger partial charge on any atom is -0.367 e. The zero-order valence-corrected chi connectivity index (χ0v) is 13.4. The second-order valence-electron chi connectivity index (χ2n) is 5.61. The van der Waals surface area contributed by atoms with Crippen LogP contribution in [0.3, 0.4) is 0 Å². The first kappa shape index (κ1) is 16.3. The first-order valence-electron chi connectivity index (χ1n) is 7.81. The molecular weight excluding hydrogens is 280 g/mol. The van der Waals surface area contributed by atoms with E-state index in [-0.39, 0.29) is 5.91 Å². The number of rotatable bonds is 6. The van der Waals surface area contributed by atoms with Gasteiger partial charge in [0.25, 0.3) is 5.91 Å². The maximum absolute atomic E-state index is 12.2. The molecule has 0 saturated carbocycles. The van der Waals surface area contributed by atoms with E-state index in [0.29, 0.717) is 5.69 Å². The molecule has 120 valence electrons. The van der Waals surface area contributed by atoms with Gasteiger partial charge < -0.3 is 14.7 Å². The van der Waals surface area contributed by atoms with Gasteiger partial charge in [0, 0.05) is 39.8 Å². The zero-order chi connectivity index (χ0) is 15.9. The van der Waals surface area contributed by atoms with Crippen molar-refractivity contribution < 1.29 is 9.59 Å². The summed E-state index contributed by atoms with van der Waals surface area (Å²) < 4.78 is 0. The van der Waals surface area contributed by atoms with E-state index in [2.05, 4.69) is 16.8 Å². The molecule has 0 aliphatic carbocycles. The summed E-state index contributed by atoms with van der Waals surface area (Å²) in [6.07, 6.45) is 4.71. The number of hydrogen-bond donors (Lipinski definition) is 0. The monoisotopic (exact) mass is 304 g/mol. The highest BCUT2D eigenvalue weighted by atomic mass is 16.2. The van der Waals surface area contributed by atoms with Crippen LogP contribution in [-0.4, -0.2) is 66.9 Å². The SMILES string of the molecule is CCCCN(C)C(=O)c1ccc(N2CCN(C=O)CC2)cn1. The van der Waals surface area contributed by atoms with Crippen molar-refractivity contribution in [3.63, 3.8) is 0 Å². The summed E-state index contributed by atoms with van der Waals surface area (Å²) in [5, 5.41) is 0. The number of aromatic nitrogens is 1. The van der Waals surface area contributed by atoms with E-state index >= 15 is 0 Å². The lowest BCUT2D eigenvalue weighted by molar-refractivity contribution is -0.118. The number of nitrogens with zero attached hydrogens (tertiary/aromatic N) is 4. The van der Waals surface area contributed by atoms with Crippen molar-refractivity contribution in [2.24, 2.45) is 0 Å². The second-order valence-corrected chi connectivity index (χ2v) is 5.61. The Morgan fingerprint density at radius 3 is 2.59 bits per heavy atom. The summed E-state index contributed by atoms with van der Waals surface area (Å²) in [6.45, 7) is 5.91. The van der Waals surface area contributed by atoms with Gasteiger partial charge in [0.1, 0.15) is 5.69 Å². The molecule has 0 atom stereocenters. The van der Waals surface area contributed by atoms with Gasteiger partial charge in [-0.3, -0.25) is 9.59 Å². The highest BCUT2D eigenvalue weighted by Gasteiger charge is 2.17. The van der Waals surface area contributed by atoms with Crippen molar-refractivity contribution in [3.05, 3.63) is 24.0 Å². The topological polar surface area (TPSA) is 56.8 Å². The fraction of sp³-hybridized carbons (Fsp3) is 0.562. The number of carbonyl (C=O) groups excluding carboxylic acids is 2. The van der Waals surface area contributed by atoms with Crippen LogP contribution < -0.4 is 4.90 Å². The molecule has 2 heterocycles. The minimum absolute atomic E-state index is 0.0363. The number of unbranched alkanes of at least 4 members (excludes halogenated alkanes) is 1. The number of anilines is 1. The van der Waals surface area contributed by atoms with Crippen LogP contribution in [0.2, 0.25) is 0 Å². The molecule has 6 heteroatoms. The van der Waals surface area contributed by atoms with Crippen LogP contribution in [0.1, 0.15) is 30.3 Å². The van der Waals surface area contributed by atoms with E-state index in [0.717, 1.165) is 57.7 Å². The number of carbonyl (C=O) groups is 2. The summed E-state index contributed by atoms with van der Waals surface area (Å²) in [5.74, 6) is -0.0363. The third kappa shape index (κ3) is 3.96. The van der Waals surface area contributed by atoms with Crippen LogP contribution in [0.25, 0.3) is 0 Å². The van der Waals surface area contributed by atoms with Gasteiger partial charge in [-0.15, -0.1) is 0 Å². The van der Waals surface area contributed by atoms with Crippen LogP contribution in [0.5, 0.6) is 0 Å². The van der Waals surface area contributed by atoms with E-state index in [1.807, 2.05) is 13.1 Å². The Hall–Kier alpha value is -2.11. The number of pyridine rings is 1. The third-order valence-electron chi connectivity index (χ3n) is 3.99. The Bertz CT molecular complexity index is 495. The lowest BCUT2D eigenvalue weighted by Crippen LogP contribution is -2.45. The first-order valence-corrected chi connectivity index (χ1v) is 7.81. The zero-order valence-electron chi connectivity index (χ0n) is 13.4. The Morgan fingerprint density at radius 1 is 1.32 bits per heavy atom. The van der Waals surface area contributed by atoms with Crippen LogP contribution in [0.4, 0.5) is 5.69 Å². The Kier molecular flexibility index (Phi) is 5.75. The van der Waals surface area contributed by atoms with Crippen LogP contribution in [0.15, 0.2) is 18.3 Å². The molecule has 2 rings (SSSR count). The molecule has 1 aromatic heterocycles. The van der Waals surface area contributed by atoms with Crippen LogP contribution >= 0.6 is 0 Å². The smallest absolute Gasteiger partial charge is 0.272 e. The lowest BCUT2D eigenvalue weighted by atomic mass is 10.2. The molecule has 6 nitrogen and oxygen atoms in total. The molecular formula is C16H24N4O2. The number of hydrogen-bond acceptors (Lipinski definition) is 4. The molecule has 1 saturated heterocycles. The van der Waals surface area contributed by atoms with Gasteiger partial charge in [0.05, 0.1) is 11.9 Å². The Morgan fingerprint density at radius 2 is 2.05 bits per heavy atom. The highest BCUT2D eigenvalue weighted by molar-refractivity contribution is 5.92. The van der Waals surface area contributed by atoms with Gasteiger partial charge >= 0.3 is 0 Å². The Balaban J connectivity index is 1.95. The average molecular weight is 304 g/mol. The first-order chi connectivity index (χ1) is 10.7. The molecule has 2 amide bonds. The van der Waals surface area contributed by atoms with Crippen molar-refractivity contribution in [3.8, 4) is 0 Å². The molecule has 0 aromatic carbocycles. The molecule has 0 bridgehead atoms. The lowest BCUT2D eigenvalue weighted by Gasteiger charge is -2.33. The van der Waals surface area contributed by atoms with Crippen molar-refractivity contribution in [1.82, 2.24) is 14.8 Å². The van der Waals surface area contributed by atoms with Crippen molar-refractivity contribution in [2.45, 2.75) is 19.8 Å².